The zero-order valence-electron chi connectivity index (χ0n) is 14.7. The van der Waals surface area contributed by atoms with Gasteiger partial charge in [0.15, 0.2) is 0 Å². The number of hydrogen-bond donors (Lipinski definition) is 2. The molecular weight excluding hydrogens is 260 g/mol. The van der Waals surface area contributed by atoms with Crippen molar-refractivity contribution in [2.75, 3.05) is 20.6 Å². The monoisotopic (exact) mass is 296 g/mol. The van der Waals surface area contributed by atoms with Crippen molar-refractivity contribution in [3.63, 3.8) is 0 Å². The Labute approximate surface area is 131 Å². The van der Waals surface area contributed by atoms with Gasteiger partial charge in [-0.1, -0.05) is 20.8 Å². The van der Waals surface area contributed by atoms with Crippen molar-refractivity contribution >= 4 is 0 Å². The third-order valence-electron chi connectivity index (χ3n) is 5.74. The predicted octanol–water partition coefficient (Wildman–Crippen LogP) is 2.88. The van der Waals surface area contributed by atoms with E-state index < -0.39 is 0 Å². The number of likely N-dealkylation sites (N-methyl/N-ethyl adjacent to an activating group) is 1. The Kier molecular flexibility index (Phi) is 5.72. The van der Waals surface area contributed by atoms with Crippen LogP contribution >= 0.6 is 0 Å². The largest absolute Gasteiger partial charge is 0.391 e. The molecule has 21 heavy (non-hydrogen) atoms. The predicted molar refractivity (Wildman–Crippen MR) is 89.4 cm³/mol. The maximum absolute atomic E-state index is 10.4. The van der Waals surface area contributed by atoms with Gasteiger partial charge in [0, 0.05) is 18.6 Å². The molecule has 0 spiro atoms. The van der Waals surface area contributed by atoms with E-state index in [0.717, 1.165) is 25.3 Å². The number of piperidine rings is 1. The van der Waals surface area contributed by atoms with Crippen LogP contribution in [0.25, 0.3) is 0 Å². The second kappa shape index (κ2) is 6.97. The lowest BCUT2D eigenvalue weighted by atomic mass is 9.67. The second-order valence-corrected chi connectivity index (χ2v) is 8.77. The molecule has 0 amide bonds. The van der Waals surface area contributed by atoms with Crippen molar-refractivity contribution in [3.05, 3.63) is 0 Å². The van der Waals surface area contributed by atoms with Crippen LogP contribution in [-0.4, -0.2) is 48.8 Å². The topological polar surface area (TPSA) is 35.5 Å². The molecule has 0 bridgehead atoms. The Morgan fingerprint density at radius 1 is 1.00 bits per heavy atom. The van der Waals surface area contributed by atoms with Gasteiger partial charge in [-0.15, -0.1) is 0 Å². The summed E-state index contributed by atoms with van der Waals surface area (Å²) in [5, 5.41) is 14.2. The van der Waals surface area contributed by atoms with Gasteiger partial charge < -0.3 is 15.3 Å². The zero-order chi connectivity index (χ0) is 15.6. The molecule has 2 fully saturated rings. The van der Waals surface area contributed by atoms with Crippen molar-refractivity contribution < 1.29 is 5.11 Å². The Hall–Kier alpha value is -0.120. The summed E-state index contributed by atoms with van der Waals surface area (Å²) >= 11 is 0. The highest BCUT2D eigenvalue weighted by Crippen LogP contribution is 2.41. The average Bonchev–Trinajstić information content (AvgIpc) is 2.39. The summed E-state index contributed by atoms with van der Waals surface area (Å²) in [6.07, 6.45) is 7.16. The smallest absolute Gasteiger partial charge is 0.0696 e. The first kappa shape index (κ1) is 17.2. The summed E-state index contributed by atoms with van der Waals surface area (Å²) in [5.74, 6) is 1.52. The molecule has 1 aliphatic carbocycles. The number of aliphatic hydroxyl groups excluding tert-OH is 1. The molecule has 1 saturated carbocycles. The minimum atomic E-state index is -0.139. The molecular formula is C18H36N2O. The van der Waals surface area contributed by atoms with Crippen LogP contribution in [0.1, 0.15) is 59.3 Å². The van der Waals surface area contributed by atoms with Crippen LogP contribution in [0.2, 0.25) is 0 Å². The molecule has 3 nitrogen and oxygen atoms in total. The molecule has 0 aromatic rings. The highest BCUT2D eigenvalue weighted by Gasteiger charge is 2.38. The molecule has 1 heterocycles. The number of nitrogens with one attached hydrogen (secondary N) is 1. The Morgan fingerprint density at radius 2 is 1.62 bits per heavy atom. The first-order valence-electron chi connectivity index (χ1n) is 8.86. The van der Waals surface area contributed by atoms with E-state index in [1.807, 2.05) is 0 Å². The number of aliphatic hydroxyl groups is 1. The zero-order valence-corrected chi connectivity index (χ0v) is 14.7. The van der Waals surface area contributed by atoms with Crippen molar-refractivity contribution in [2.24, 2.45) is 17.3 Å². The lowest BCUT2D eigenvalue weighted by Crippen LogP contribution is -2.57. The SMILES string of the molecule is CN(C)CC1CCC(O)C(C2CCC(C(C)(C)C)CC2)N1. The molecule has 0 radical (unpaired) electrons. The van der Waals surface area contributed by atoms with Gasteiger partial charge >= 0.3 is 0 Å². The van der Waals surface area contributed by atoms with E-state index >= 15 is 0 Å². The number of hydrogen-bond acceptors (Lipinski definition) is 3. The lowest BCUT2D eigenvalue weighted by Gasteiger charge is -2.44. The first-order chi connectivity index (χ1) is 9.77. The Morgan fingerprint density at radius 3 is 2.14 bits per heavy atom. The molecule has 0 aromatic carbocycles. The van der Waals surface area contributed by atoms with E-state index in [4.69, 9.17) is 0 Å². The molecule has 1 aliphatic heterocycles. The van der Waals surface area contributed by atoms with Gasteiger partial charge in [0.2, 0.25) is 0 Å². The van der Waals surface area contributed by atoms with Crippen LogP contribution in [0.4, 0.5) is 0 Å². The summed E-state index contributed by atoms with van der Waals surface area (Å²) in [4.78, 5) is 2.25. The molecule has 124 valence electrons. The van der Waals surface area contributed by atoms with E-state index in [-0.39, 0.29) is 6.10 Å². The molecule has 2 aliphatic rings. The van der Waals surface area contributed by atoms with E-state index in [0.29, 0.717) is 23.4 Å². The van der Waals surface area contributed by atoms with Gasteiger partial charge in [-0.25, -0.2) is 0 Å². The first-order valence-corrected chi connectivity index (χ1v) is 8.86. The maximum atomic E-state index is 10.4. The third kappa shape index (κ3) is 4.67. The summed E-state index contributed by atoms with van der Waals surface area (Å²) in [6, 6.07) is 0.873. The van der Waals surface area contributed by atoms with Gasteiger partial charge in [-0.2, -0.15) is 0 Å². The van der Waals surface area contributed by atoms with Gasteiger partial charge in [0.25, 0.3) is 0 Å². The Bertz CT molecular complexity index is 316. The minimum absolute atomic E-state index is 0.139. The van der Waals surface area contributed by atoms with E-state index in [2.05, 4.69) is 45.1 Å². The fraction of sp³-hybridized carbons (Fsp3) is 1.00. The number of rotatable bonds is 3. The summed E-state index contributed by atoms with van der Waals surface area (Å²) < 4.78 is 0. The van der Waals surface area contributed by atoms with Crippen LogP contribution in [0.3, 0.4) is 0 Å². The molecule has 1 saturated heterocycles. The van der Waals surface area contributed by atoms with Crippen LogP contribution in [-0.2, 0) is 0 Å². The van der Waals surface area contributed by atoms with Crippen LogP contribution in [0.15, 0.2) is 0 Å². The second-order valence-electron chi connectivity index (χ2n) is 8.77. The molecule has 3 heteroatoms. The maximum Gasteiger partial charge on any atom is 0.0696 e. The summed E-state index contributed by atoms with van der Waals surface area (Å²) in [5.41, 5.74) is 0.442. The lowest BCUT2D eigenvalue weighted by molar-refractivity contribution is 0.0256. The van der Waals surface area contributed by atoms with Gasteiger partial charge in [-0.3, -0.25) is 0 Å². The summed E-state index contributed by atoms with van der Waals surface area (Å²) in [7, 11) is 4.27. The number of nitrogens with zero attached hydrogens (tertiary/aromatic N) is 1. The molecule has 2 rings (SSSR count). The van der Waals surface area contributed by atoms with Crippen LogP contribution in [0.5, 0.6) is 0 Å². The minimum Gasteiger partial charge on any atom is -0.391 e. The highest BCUT2D eigenvalue weighted by atomic mass is 16.3. The summed E-state index contributed by atoms with van der Waals surface area (Å²) in [6.45, 7) is 8.21. The van der Waals surface area contributed by atoms with Crippen molar-refractivity contribution in [1.29, 1.82) is 0 Å². The standard InChI is InChI=1S/C18H36N2O/c1-18(2,3)14-8-6-13(7-9-14)17-16(21)11-10-15(19-17)12-20(4)5/h13-17,19,21H,6-12H2,1-5H3. The molecule has 0 aromatic heterocycles. The Balaban J connectivity index is 1.89. The van der Waals surface area contributed by atoms with Crippen LogP contribution < -0.4 is 5.32 Å². The van der Waals surface area contributed by atoms with E-state index in [1.165, 1.54) is 25.7 Å². The highest BCUT2D eigenvalue weighted by molar-refractivity contribution is 4.94. The van der Waals surface area contributed by atoms with Crippen molar-refractivity contribution in [2.45, 2.75) is 77.5 Å². The van der Waals surface area contributed by atoms with Crippen molar-refractivity contribution in [3.8, 4) is 0 Å². The van der Waals surface area contributed by atoms with Crippen LogP contribution in [0, 0.1) is 17.3 Å². The third-order valence-corrected chi connectivity index (χ3v) is 5.74. The fourth-order valence-electron chi connectivity index (χ4n) is 4.40. The van der Waals surface area contributed by atoms with Gasteiger partial charge in [0.05, 0.1) is 6.10 Å². The van der Waals surface area contributed by atoms with E-state index in [1.54, 1.807) is 0 Å². The quantitative estimate of drug-likeness (QED) is 0.840. The van der Waals surface area contributed by atoms with Gasteiger partial charge in [-0.05, 0) is 69.9 Å². The fourth-order valence-corrected chi connectivity index (χ4v) is 4.40. The normalized spacial score (nSPS) is 38.7. The molecule has 2 N–H and O–H groups in total. The van der Waals surface area contributed by atoms with E-state index in [9.17, 15) is 5.11 Å². The molecule has 3 unspecified atom stereocenters. The molecule has 3 atom stereocenters. The van der Waals surface area contributed by atoms with Crippen molar-refractivity contribution in [1.82, 2.24) is 10.2 Å². The van der Waals surface area contributed by atoms with Gasteiger partial charge in [0.1, 0.15) is 0 Å². The average molecular weight is 296 g/mol.